The molecule has 0 spiro atoms. The summed E-state index contributed by atoms with van der Waals surface area (Å²) in [5.41, 5.74) is 1.53. The maximum atomic E-state index is 12.5. The number of thiazole rings is 1. The molecule has 1 aliphatic heterocycles. The highest BCUT2D eigenvalue weighted by Gasteiger charge is 2.34. The predicted molar refractivity (Wildman–Crippen MR) is 122 cm³/mol. The van der Waals surface area contributed by atoms with Gasteiger partial charge in [0, 0.05) is 23.1 Å². The molecule has 3 aromatic rings. The van der Waals surface area contributed by atoms with E-state index >= 15 is 0 Å². The molecule has 0 radical (unpaired) electrons. The Kier molecular flexibility index (Phi) is 6.38. The van der Waals surface area contributed by atoms with Crippen molar-refractivity contribution in [2.24, 2.45) is 0 Å². The standard InChI is InChI=1S/C22H19ClN4O4S/c1-26-11-21(29)27(22(26)30)17-4-2-3-15(9-17)24-19(28)10-16-13-32-20(25-16)12-31-18-7-5-14(23)6-8-18/h2-9,13H,10-12H2,1H3,(H,24,28). The Morgan fingerprint density at radius 1 is 1.22 bits per heavy atom. The lowest BCUT2D eigenvalue weighted by Crippen LogP contribution is -2.31. The zero-order chi connectivity index (χ0) is 22.7. The Bertz CT molecular complexity index is 1160. The number of ether oxygens (including phenoxy) is 1. The van der Waals surface area contributed by atoms with Crippen LogP contribution in [0, 0.1) is 0 Å². The Labute approximate surface area is 193 Å². The number of nitrogens with one attached hydrogen (secondary N) is 1. The third-order valence-electron chi connectivity index (χ3n) is 4.64. The van der Waals surface area contributed by atoms with Crippen molar-refractivity contribution in [2.45, 2.75) is 13.0 Å². The Hall–Kier alpha value is -3.43. The van der Waals surface area contributed by atoms with E-state index in [1.165, 1.54) is 16.2 Å². The average molecular weight is 471 g/mol. The maximum absolute atomic E-state index is 12.5. The fourth-order valence-corrected chi connectivity index (χ4v) is 3.97. The SMILES string of the molecule is CN1CC(=O)N(c2cccc(NC(=O)Cc3csc(COc4ccc(Cl)cc4)n3)c2)C1=O. The third-order valence-corrected chi connectivity index (χ3v) is 5.77. The number of hydrogen-bond acceptors (Lipinski definition) is 6. The molecule has 2 aromatic carbocycles. The number of likely N-dealkylation sites (N-methyl/N-ethyl adjacent to an activating group) is 1. The van der Waals surface area contributed by atoms with Crippen molar-refractivity contribution >= 4 is 52.2 Å². The van der Waals surface area contributed by atoms with Crippen LogP contribution in [0.4, 0.5) is 16.2 Å². The molecule has 32 heavy (non-hydrogen) atoms. The smallest absolute Gasteiger partial charge is 0.331 e. The molecule has 1 aliphatic rings. The molecule has 0 unspecified atom stereocenters. The van der Waals surface area contributed by atoms with Gasteiger partial charge in [-0.3, -0.25) is 9.59 Å². The van der Waals surface area contributed by atoms with E-state index in [-0.39, 0.29) is 24.8 Å². The highest BCUT2D eigenvalue weighted by molar-refractivity contribution is 7.09. The van der Waals surface area contributed by atoms with Gasteiger partial charge in [0.15, 0.2) is 0 Å². The number of amides is 4. The molecular formula is C22H19ClN4O4S. The number of urea groups is 1. The van der Waals surface area contributed by atoms with Crippen molar-refractivity contribution in [1.82, 2.24) is 9.88 Å². The molecule has 0 aliphatic carbocycles. The minimum absolute atomic E-state index is 0.0311. The quantitative estimate of drug-likeness (QED) is 0.528. The summed E-state index contributed by atoms with van der Waals surface area (Å²) >= 11 is 7.27. The number of benzene rings is 2. The third kappa shape index (κ3) is 5.06. The van der Waals surface area contributed by atoms with Crippen molar-refractivity contribution < 1.29 is 19.1 Å². The van der Waals surface area contributed by atoms with E-state index in [4.69, 9.17) is 16.3 Å². The lowest BCUT2D eigenvalue weighted by atomic mass is 10.2. The van der Waals surface area contributed by atoms with Crippen molar-refractivity contribution in [3.63, 3.8) is 0 Å². The number of imide groups is 1. The highest BCUT2D eigenvalue weighted by atomic mass is 35.5. The van der Waals surface area contributed by atoms with Gasteiger partial charge >= 0.3 is 6.03 Å². The van der Waals surface area contributed by atoms with E-state index in [0.717, 1.165) is 9.91 Å². The molecule has 10 heteroatoms. The van der Waals surface area contributed by atoms with Crippen LogP contribution in [-0.4, -0.2) is 41.3 Å². The van der Waals surface area contributed by atoms with Gasteiger partial charge in [-0.05, 0) is 42.5 Å². The molecule has 1 saturated heterocycles. The monoisotopic (exact) mass is 470 g/mol. The van der Waals surface area contributed by atoms with Crippen molar-refractivity contribution in [3.05, 3.63) is 69.6 Å². The van der Waals surface area contributed by atoms with E-state index < -0.39 is 6.03 Å². The number of carbonyl (C=O) groups is 3. The van der Waals surface area contributed by atoms with E-state index in [1.54, 1.807) is 55.6 Å². The largest absolute Gasteiger partial charge is 0.486 e. The molecule has 8 nitrogen and oxygen atoms in total. The molecule has 0 bridgehead atoms. The Balaban J connectivity index is 1.34. The van der Waals surface area contributed by atoms with Crippen LogP contribution in [0.3, 0.4) is 0 Å². The summed E-state index contributed by atoms with van der Waals surface area (Å²) in [5, 5.41) is 5.99. The van der Waals surface area contributed by atoms with Gasteiger partial charge < -0.3 is 15.0 Å². The van der Waals surface area contributed by atoms with Gasteiger partial charge in [-0.25, -0.2) is 14.7 Å². The summed E-state index contributed by atoms with van der Waals surface area (Å²) in [4.78, 5) is 43.6. The maximum Gasteiger partial charge on any atom is 0.331 e. The second-order valence-corrected chi connectivity index (χ2v) is 8.50. The summed E-state index contributed by atoms with van der Waals surface area (Å²) in [6.07, 6.45) is 0.0893. The lowest BCUT2D eigenvalue weighted by Gasteiger charge is -2.15. The number of hydrogen-bond donors (Lipinski definition) is 1. The number of halogens is 1. The molecular weight excluding hydrogens is 452 g/mol. The molecule has 0 atom stereocenters. The van der Waals surface area contributed by atoms with Crippen LogP contribution in [-0.2, 0) is 22.6 Å². The van der Waals surface area contributed by atoms with E-state index in [9.17, 15) is 14.4 Å². The Morgan fingerprint density at radius 2 is 2.00 bits per heavy atom. The van der Waals surface area contributed by atoms with Gasteiger partial charge in [0.25, 0.3) is 5.91 Å². The van der Waals surface area contributed by atoms with E-state index in [1.807, 2.05) is 5.38 Å². The van der Waals surface area contributed by atoms with E-state index in [0.29, 0.717) is 34.4 Å². The predicted octanol–water partition coefficient (Wildman–Crippen LogP) is 3.96. The van der Waals surface area contributed by atoms with Gasteiger partial charge in [0.2, 0.25) is 5.91 Å². The van der Waals surface area contributed by atoms with Gasteiger partial charge in [0.05, 0.1) is 17.8 Å². The minimum atomic E-state index is -0.394. The van der Waals surface area contributed by atoms with Gasteiger partial charge in [-0.2, -0.15) is 0 Å². The minimum Gasteiger partial charge on any atom is -0.486 e. The topological polar surface area (TPSA) is 91.8 Å². The summed E-state index contributed by atoms with van der Waals surface area (Å²) in [7, 11) is 1.56. The van der Waals surface area contributed by atoms with Crippen molar-refractivity contribution in [2.75, 3.05) is 23.8 Å². The second kappa shape index (κ2) is 9.37. The fraction of sp³-hybridized carbons (Fsp3) is 0.182. The zero-order valence-corrected chi connectivity index (χ0v) is 18.7. The lowest BCUT2D eigenvalue weighted by molar-refractivity contribution is -0.117. The number of aromatic nitrogens is 1. The summed E-state index contributed by atoms with van der Waals surface area (Å²) < 4.78 is 5.67. The Morgan fingerprint density at radius 3 is 2.72 bits per heavy atom. The molecule has 0 saturated carbocycles. The van der Waals surface area contributed by atoms with Crippen LogP contribution in [0.2, 0.25) is 5.02 Å². The second-order valence-electron chi connectivity index (χ2n) is 7.12. The first-order chi connectivity index (χ1) is 15.4. The van der Waals surface area contributed by atoms with Crippen molar-refractivity contribution in [3.8, 4) is 5.75 Å². The number of anilines is 2. The van der Waals surface area contributed by atoms with Crippen LogP contribution in [0.1, 0.15) is 10.7 Å². The highest BCUT2D eigenvalue weighted by Crippen LogP contribution is 2.24. The van der Waals surface area contributed by atoms with Crippen molar-refractivity contribution in [1.29, 1.82) is 0 Å². The fourth-order valence-electron chi connectivity index (χ4n) is 3.14. The summed E-state index contributed by atoms with van der Waals surface area (Å²) in [5.74, 6) is 0.121. The summed E-state index contributed by atoms with van der Waals surface area (Å²) in [6.45, 7) is 0.325. The molecule has 1 aromatic heterocycles. The molecule has 2 heterocycles. The van der Waals surface area contributed by atoms with Crippen LogP contribution >= 0.6 is 22.9 Å². The number of rotatable bonds is 7. The molecule has 1 N–H and O–H groups in total. The first-order valence-electron chi connectivity index (χ1n) is 9.68. The van der Waals surface area contributed by atoms with Gasteiger partial charge in [-0.15, -0.1) is 11.3 Å². The van der Waals surface area contributed by atoms with Crippen LogP contribution in [0.25, 0.3) is 0 Å². The normalized spacial score (nSPS) is 13.6. The van der Waals surface area contributed by atoms with Crippen LogP contribution in [0.15, 0.2) is 53.9 Å². The number of nitrogens with zero attached hydrogens (tertiary/aromatic N) is 3. The average Bonchev–Trinajstić information content (AvgIpc) is 3.30. The van der Waals surface area contributed by atoms with Crippen LogP contribution in [0.5, 0.6) is 5.75 Å². The first kappa shape index (κ1) is 21.8. The van der Waals surface area contributed by atoms with Gasteiger partial charge in [-0.1, -0.05) is 17.7 Å². The van der Waals surface area contributed by atoms with E-state index in [2.05, 4.69) is 10.3 Å². The number of carbonyl (C=O) groups excluding carboxylic acids is 3. The summed E-state index contributed by atoms with van der Waals surface area (Å²) in [6, 6.07) is 13.3. The van der Waals surface area contributed by atoms with Crippen LogP contribution < -0.4 is 15.0 Å². The molecule has 164 valence electrons. The first-order valence-corrected chi connectivity index (χ1v) is 10.9. The van der Waals surface area contributed by atoms with Gasteiger partial charge in [0.1, 0.15) is 23.9 Å². The zero-order valence-electron chi connectivity index (χ0n) is 17.1. The molecule has 4 rings (SSSR count). The molecule has 4 amide bonds. The molecule has 1 fully saturated rings.